The van der Waals surface area contributed by atoms with Gasteiger partial charge in [0.25, 0.3) is 0 Å². The van der Waals surface area contributed by atoms with E-state index >= 15 is 0 Å². The zero-order valence-corrected chi connectivity index (χ0v) is 15.0. The Labute approximate surface area is 145 Å². The average Bonchev–Trinajstić information content (AvgIpc) is 3.03. The third kappa shape index (κ3) is 4.26. The van der Waals surface area contributed by atoms with Gasteiger partial charge in [-0.3, -0.25) is 9.88 Å². The van der Waals surface area contributed by atoms with Crippen LogP contribution in [0.2, 0.25) is 0 Å². The molecular formula is C17H22BrN5. The van der Waals surface area contributed by atoms with Gasteiger partial charge in [0.15, 0.2) is 0 Å². The minimum Gasteiger partial charge on any atom is -0.335 e. The van der Waals surface area contributed by atoms with E-state index in [4.69, 9.17) is 0 Å². The number of hydrogen-bond donors (Lipinski definition) is 0. The topological polar surface area (TPSA) is 45.2 Å². The summed E-state index contributed by atoms with van der Waals surface area (Å²) in [4.78, 5) is 17.9. The molecule has 1 aliphatic heterocycles. The summed E-state index contributed by atoms with van der Waals surface area (Å²) < 4.78 is 0.904. The van der Waals surface area contributed by atoms with Gasteiger partial charge in [0.2, 0.25) is 5.95 Å². The highest BCUT2D eigenvalue weighted by Crippen LogP contribution is 2.21. The highest BCUT2D eigenvalue weighted by atomic mass is 79.9. The van der Waals surface area contributed by atoms with Crippen molar-refractivity contribution in [1.29, 1.82) is 0 Å². The molecule has 3 rings (SSSR count). The summed E-state index contributed by atoms with van der Waals surface area (Å²) in [7, 11) is 0. The molecule has 0 aromatic carbocycles. The van der Waals surface area contributed by atoms with E-state index in [-0.39, 0.29) is 0 Å². The van der Waals surface area contributed by atoms with Crippen LogP contribution >= 0.6 is 15.9 Å². The monoisotopic (exact) mass is 375 g/mol. The van der Waals surface area contributed by atoms with Crippen LogP contribution in [0.1, 0.15) is 25.3 Å². The Kier molecular flexibility index (Phi) is 5.56. The molecule has 1 unspecified atom stereocenters. The van der Waals surface area contributed by atoms with E-state index < -0.39 is 0 Å². The quantitative estimate of drug-likeness (QED) is 0.775. The summed E-state index contributed by atoms with van der Waals surface area (Å²) in [5.74, 6) is 0.785. The molecule has 0 amide bonds. The standard InChI is InChI=1S/C17H22BrN5/c1-2-22-9-3-4-16(22)13-23(12-14-5-7-19-8-6-14)17-20-10-15(18)11-21-17/h5-8,10-11,16H,2-4,9,12-13H2,1H3. The summed E-state index contributed by atoms with van der Waals surface area (Å²) in [5, 5.41) is 0. The van der Waals surface area contributed by atoms with Crippen molar-refractivity contribution in [2.45, 2.75) is 32.4 Å². The van der Waals surface area contributed by atoms with Crippen molar-refractivity contribution in [1.82, 2.24) is 19.9 Å². The van der Waals surface area contributed by atoms with E-state index in [0.717, 1.165) is 30.1 Å². The van der Waals surface area contributed by atoms with Crippen LogP contribution in [-0.4, -0.2) is 45.5 Å². The predicted octanol–water partition coefficient (Wildman–Crippen LogP) is 3.13. The van der Waals surface area contributed by atoms with Crippen LogP contribution in [0.25, 0.3) is 0 Å². The Morgan fingerprint density at radius 1 is 1.26 bits per heavy atom. The van der Waals surface area contributed by atoms with E-state index in [2.05, 4.69) is 59.7 Å². The van der Waals surface area contributed by atoms with Gasteiger partial charge in [-0.25, -0.2) is 9.97 Å². The molecule has 0 spiro atoms. The summed E-state index contributed by atoms with van der Waals surface area (Å²) in [5.41, 5.74) is 1.23. The van der Waals surface area contributed by atoms with Gasteiger partial charge >= 0.3 is 0 Å². The van der Waals surface area contributed by atoms with Crippen LogP contribution in [0.5, 0.6) is 0 Å². The van der Waals surface area contributed by atoms with Crippen LogP contribution in [0.4, 0.5) is 5.95 Å². The molecule has 1 fully saturated rings. The molecule has 0 bridgehead atoms. The van der Waals surface area contributed by atoms with Crippen molar-refractivity contribution in [2.24, 2.45) is 0 Å². The van der Waals surface area contributed by atoms with Gasteiger partial charge in [-0.2, -0.15) is 0 Å². The van der Waals surface area contributed by atoms with E-state index in [1.807, 2.05) is 24.8 Å². The fourth-order valence-electron chi connectivity index (χ4n) is 3.17. The molecule has 0 aliphatic carbocycles. The molecule has 23 heavy (non-hydrogen) atoms. The molecule has 6 heteroatoms. The first kappa shape index (κ1) is 16.3. The minimum atomic E-state index is 0.578. The molecule has 0 radical (unpaired) electrons. The van der Waals surface area contributed by atoms with E-state index in [9.17, 15) is 0 Å². The van der Waals surface area contributed by atoms with E-state index in [0.29, 0.717) is 6.04 Å². The van der Waals surface area contributed by atoms with Crippen molar-refractivity contribution >= 4 is 21.9 Å². The molecule has 0 saturated carbocycles. The fourth-order valence-corrected chi connectivity index (χ4v) is 3.37. The second-order valence-electron chi connectivity index (χ2n) is 5.86. The Hall–Kier alpha value is -1.53. The number of halogens is 1. The number of pyridine rings is 1. The number of likely N-dealkylation sites (tertiary alicyclic amines) is 1. The maximum absolute atomic E-state index is 4.50. The average molecular weight is 376 g/mol. The van der Waals surface area contributed by atoms with Gasteiger partial charge in [0.1, 0.15) is 0 Å². The summed E-state index contributed by atoms with van der Waals surface area (Å²) in [6, 6.07) is 4.69. The van der Waals surface area contributed by atoms with Gasteiger partial charge in [-0.05, 0) is 59.6 Å². The zero-order valence-electron chi connectivity index (χ0n) is 13.4. The van der Waals surface area contributed by atoms with Crippen LogP contribution in [0.3, 0.4) is 0 Å². The number of hydrogen-bond acceptors (Lipinski definition) is 5. The smallest absolute Gasteiger partial charge is 0.225 e. The van der Waals surface area contributed by atoms with Gasteiger partial charge in [-0.1, -0.05) is 6.92 Å². The van der Waals surface area contributed by atoms with Crippen molar-refractivity contribution in [3.8, 4) is 0 Å². The molecule has 3 heterocycles. The molecule has 1 saturated heterocycles. The zero-order chi connectivity index (χ0) is 16.1. The highest BCUT2D eigenvalue weighted by Gasteiger charge is 2.26. The van der Waals surface area contributed by atoms with Crippen molar-refractivity contribution in [3.63, 3.8) is 0 Å². The van der Waals surface area contributed by atoms with Crippen molar-refractivity contribution in [2.75, 3.05) is 24.5 Å². The van der Waals surface area contributed by atoms with E-state index in [1.54, 1.807) is 0 Å². The van der Waals surface area contributed by atoms with Crippen LogP contribution in [0, 0.1) is 0 Å². The molecule has 5 nitrogen and oxygen atoms in total. The molecule has 1 aliphatic rings. The van der Waals surface area contributed by atoms with Crippen molar-refractivity contribution < 1.29 is 0 Å². The lowest BCUT2D eigenvalue weighted by Crippen LogP contribution is -2.40. The number of anilines is 1. The number of aromatic nitrogens is 3. The Balaban J connectivity index is 1.79. The number of likely N-dealkylation sites (N-methyl/N-ethyl adjacent to an activating group) is 1. The molecule has 2 aromatic heterocycles. The lowest BCUT2D eigenvalue weighted by atomic mass is 10.2. The lowest BCUT2D eigenvalue weighted by Gasteiger charge is -2.30. The SMILES string of the molecule is CCN1CCCC1CN(Cc1ccncc1)c1ncc(Br)cn1. The maximum Gasteiger partial charge on any atom is 0.225 e. The third-order valence-corrected chi connectivity index (χ3v) is 4.76. The number of rotatable bonds is 6. The first-order valence-corrected chi connectivity index (χ1v) is 8.91. The largest absolute Gasteiger partial charge is 0.335 e. The second kappa shape index (κ2) is 7.84. The van der Waals surface area contributed by atoms with Crippen molar-refractivity contribution in [3.05, 3.63) is 47.0 Å². The van der Waals surface area contributed by atoms with Gasteiger partial charge in [0.05, 0.1) is 4.47 Å². The Bertz CT molecular complexity index is 604. The minimum absolute atomic E-state index is 0.578. The summed E-state index contributed by atoms with van der Waals surface area (Å²) in [6.07, 6.45) is 9.83. The maximum atomic E-state index is 4.50. The molecular weight excluding hydrogens is 354 g/mol. The third-order valence-electron chi connectivity index (χ3n) is 4.35. The number of nitrogens with zero attached hydrogens (tertiary/aromatic N) is 5. The molecule has 122 valence electrons. The summed E-state index contributed by atoms with van der Waals surface area (Å²) in [6.45, 7) is 6.30. The van der Waals surface area contributed by atoms with Crippen LogP contribution in [-0.2, 0) is 6.54 Å². The molecule has 1 atom stereocenters. The molecule has 0 N–H and O–H groups in total. The lowest BCUT2D eigenvalue weighted by molar-refractivity contribution is 0.268. The van der Waals surface area contributed by atoms with Gasteiger partial charge in [0, 0.05) is 43.9 Å². The van der Waals surface area contributed by atoms with Crippen LogP contribution in [0.15, 0.2) is 41.4 Å². The Morgan fingerprint density at radius 3 is 2.70 bits per heavy atom. The molecule has 2 aromatic rings. The van der Waals surface area contributed by atoms with E-state index in [1.165, 1.54) is 24.9 Å². The van der Waals surface area contributed by atoms with Gasteiger partial charge in [-0.15, -0.1) is 0 Å². The van der Waals surface area contributed by atoms with Crippen LogP contribution < -0.4 is 4.90 Å². The first-order valence-electron chi connectivity index (χ1n) is 8.11. The van der Waals surface area contributed by atoms with Gasteiger partial charge < -0.3 is 4.90 Å². The second-order valence-corrected chi connectivity index (χ2v) is 6.78. The highest BCUT2D eigenvalue weighted by molar-refractivity contribution is 9.10. The summed E-state index contributed by atoms with van der Waals surface area (Å²) >= 11 is 3.41. The fraction of sp³-hybridized carbons (Fsp3) is 0.471. The first-order chi connectivity index (χ1) is 11.3. The predicted molar refractivity (Wildman–Crippen MR) is 95.3 cm³/mol. The normalized spacial score (nSPS) is 18.3. The Morgan fingerprint density at radius 2 is 2.00 bits per heavy atom.